The van der Waals surface area contributed by atoms with Crippen molar-refractivity contribution in [2.45, 2.75) is 33.1 Å². The Balaban J connectivity index is 2.13. The van der Waals surface area contributed by atoms with Crippen LogP contribution in [0, 0.1) is 0 Å². The van der Waals surface area contributed by atoms with E-state index in [4.69, 9.17) is 14.5 Å². The summed E-state index contributed by atoms with van der Waals surface area (Å²) in [6, 6.07) is 15.3. The van der Waals surface area contributed by atoms with Gasteiger partial charge < -0.3 is 4.74 Å². The van der Waals surface area contributed by atoms with Crippen molar-refractivity contribution >= 4 is 0 Å². The maximum atomic E-state index is 5.80. The van der Waals surface area contributed by atoms with Crippen LogP contribution in [0.15, 0.2) is 48.5 Å². The van der Waals surface area contributed by atoms with Gasteiger partial charge in [-0.05, 0) is 37.1 Å². The fourth-order valence-corrected chi connectivity index (χ4v) is 2.04. The van der Waals surface area contributed by atoms with Gasteiger partial charge in [-0.15, -0.1) is 0 Å². The maximum Gasteiger partial charge on any atom is 0.185 e. The molecule has 0 aliphatic rings. The summed E-state index contributed by atoms with van der Waals surface area (Å²) in [5.74, 6) is 2.28. The highest BCUT2D eigenvalue weighted by Crippen LogP contribution is 2.30. The zero-order chi connectivity index (χ0) is 14.9. The normalized spacial score (nSPS) is 10.2. The molecule has 0 saturated heterocycles. The Kier molecular flexibility index (Phi) is 5.95. The molecule has 2 rings (SSSR count). The molecule has 0 heterocycles. The van der Waals surface area contributed by atoms with Crippen molar-refractivity contribution in [3.63, 3.8) is 0 Å². The monoisotopic (exact) mass is 286 g/mol. The van der Waals surface area contributed by atoms with Crippen molar-refractivity contribution in [2.24, 2.45) is 0 Å². The summed E-state index contributed by atoms with van der Waals surface area (Å²) in [6.07, 6.45) is 2.90. The van der Waals surface area contributed by atoms with Gasteiger partial charge in [0.05, 0.1) is 6.61 Å². The van der Waals surface area contributed by atoms with Crippen LogP contribution in [-0.4, -0.2) is 6.61 Å². The third kappa shape index (κ3) is 4.42. The van der Waals surface area contributed by atoms with E-state index in [1.54, 1.807) is 0 Å². The molecule has 0 aliphatic heterocycles. The number of para-hydroxylation sites is 1. The Morgan fingerprint density at radius 1 is 0.762 bits per heavy atom. The third-order valence-electron chi connectivity index (χ3n) is 3.02. The number of hydrogen-bond acceptors (Lipinski definition) is 3. The largest absolute Gasteiger partial charge is 0.493 e. The predicted octanol–water partition coefficient (Wildman–Crippen LogP) is 4.80. The lowest BCUT2D eigenvalue weighted by Crippen LogP contribution is -2.05. The van der Waals surface area contributed by atoms with Gasteiger partial charge in [-0.25, -0.2) is 0 Å². The Bertz CT molecular complexity index is 537. The molecule has 0 fully saturated rings. The van der Waals surface area contributed by atoms with Gasteiger partial charge in [-0.1, -0.05) is 44.5 Å². The predicted molar refractivity (Wildman–Crippen MR) is 83.9 cm³/mol. The van der Waals surface area contributed by atoms with Gasteiger partial charge >= 0.3 is 0 Å². The van der Waals surface area contributed by atoms with Crippen LogP contribution in [0.4, 0.5) is 0 Å². The summed E-state index contributed by atoms with van der Waals surface area (Å²) >= 11 is 0. The second-order valence-corrected chi connectivity index (χ2v) is 4.81. The SMILES string of the molecule is CCCOc1cccc(OOc2ccccc2)c1CCC. The minimum absolute atomic E-state index is 0.680. The Hall–Kier alpha value is -2.16. The van der Waals surface area contributed by atoms with E-state index in [2.05, 4.69) is 13.8 Å². The summed E-state index contributed by atoms with van der Waals surface area (Å²) in [6.45, 7) is 4.94. The number of hydrogen-bond donors (Lipinski definition) is 0. The van der Waals surface area contributed by atoms with Crippen LogP contribution in [0.1, 0.15) is 32.3 Å². The molecule has 3 heteroatoms. The second-order valence-electron chi connectivity index (χ2n) is 4.81. The lowest BCUT2D eigenvalue weighted by Gasteiger charge is -2.14. The van der Waals surface area contributed by atoms with Crippen LogP contribution in [0.3, 0.4) is 0 Å². The molecule has 0 unspecified atom stereocenters. The highest BCUT2D eigenvalue weighted by Gasteiger charge is 2.11. The smallest absolute Gasteiger partial charge is 0.185 e. The average Bonchev–Trinajstić information content (AvgIpc) is 2.53. The van der Waals surface area contributed by atoms with Crippen LogP contribution >= 0.6 is 0 Å². The Morgan fingerprint density at radius 3 is 2.24 bits per heavy atom. The molecule has 0 atom stereocenters. The van der Waals surface area contributed by atoms with Crippen molar-refractivity contribution < 1.29 is 14.5 Å². The molecule has 0 spiro atoms. The van der Waals surface area contributed by atoms with Gasteiger partial charge in [0.2, 0.25) is 0 Å². The van der Waals surface area contributed by atoms with Gasteiger partial charge in [0.1, 0.15) is 5.75 Å². The van der Waals surface area contributed by atoms with E-state index in [9.17, 15) is 0 Å². The van der Waals surface area contributed by atoms with E-state index in [1.165, 1.54) is 0 Å². The minimum atomic E-state index is 0.680. The lowest BCUT2D eigenvalue weighted by atomic mass is 10.1. The molecule has 0 amide bonds. The topological polar surface area (TPSA) is 27.7 Å². The van der Waals surface area contributed by atoms with Crippen LogP contribution in [0.2, 0.25) is 0 Å². The Morgan fingerprint density at radius 2 is 1.52 bits per heavy atom. The quantitative estimate of drug-likeness (QED) is 0.515. The molecule has 0 N–H and O–H groups in total. The first-order valence-electron chi connectivity index (χ1n) is 7.49. The van der Waals surface area contributed by atoms with E-state index in [-0.39, 0.29) is 0 Å². The van der Waals surface area contributed by atoms with E-state index in [0.717, 1.165) is 30.6 Å². The highest BCUT2D eigenvalue weighted by molar-refractivity contribution is 5.44. The standard InChI is InChI=1S/C18H22O3/c1-3-9-16-17(19-14-4-2)12-8-13-18(16)21-20-15-10-6-5-7-11-15/h5-8,10-13H,3-4,9,14H2,1-2H3. The lowest BCUT2D eigenvalue weighted by molar-refractivity contribution is -0.101. The average molecular weight is 286 g/mol. The molecule has 0 aliphatic carbocycles. The van der Waals surface area contributed by atoms with Crippen LogP contribution in [0.25, 0.3) is 0 Å². The summed E-state index contributed by atoms with van der Waals surface area (Å²) in [7, 11) is 0. The van der Waals surface area contributed by atoms with Crippen molar-refractivity contribution in [3.8, 4) is 17.2 Å². The zero-order valence-electron chi connectivity index (χ0n) is 12.7. The van der Waals surface area contributed by atoms with Crippen molar-refractivity contribution in [2.75, 3.05) is 6.61 Å². The first-order chi connectivity index (χ1) is 10.3. The summed E-state index contributed by atoms with van der Waals surface area (Å²) in [5.41, 5.74) is 1.06. The van der Waals surface area contributed by atoms with Crippen molar-refractivity contribution in [1.29, 1.82) is 0 Å². The van der Waals surface area contributed by atoms with Crippen molar-refractivity contribution in [1.82, 2.24) is 0 Å². The Labute approximate surface area is 126 Å². The molecule has 21 heavy (non-hydrogen) atoms. The van der Waals surface area contributed by atoms with Crippen molar-refractivity contribution in [3.05, 3.63) is 54.1 Å². The molecule has 0 bridgehead atoms. The minimum Gasteiger partial charge on any atom is -0.493 e. The van der Waals surface area contributed by atoms with E-state index >= 15 is 0 Å². The van der Waals surface area contributed by atoms with E-state index in [1.807, 2.05) is 48.5 Å². The molecule has 3 nitrogen and oxygen atoms in total. The van der Waals surface area contributed by atoms with Crippen LogP contribution in [-0.2, 0) is 6.42 Å². The van der Waals surface area contributed by atoms with Gasteiger partial charge in [-0.3, -0.25) is 9.78 Å². The second kappa shape index (κ2) is 8.20. The summed E-state index contributed by atoms with van der Waals surface area (Å²) in [4.78, 5) is 10.9. The molecule has 0 saturated carbocycles. The van der Waals surface area contributed by atoms with E-state index in [0.29, 0.717) is 18.1 Å². The van der Waals surface area contributed by atoms with E-state index < -0.39 is 0 Å². The number of rotatable bonds is 8. The number of ether oxygens (including phenoxy) is 1. The van der Waals surface area contributed by atoms with Gasteiger partial charge in [-0.2, -0.15) is 0 Å². The fraction of sp³-hybridized carbons (Fsp3) is 0.333. The summed E-state index contributed by atoms with van der Waals surface area (Å²) < 4.78 is 5.80. The van der Waals surface area contributed by atoms with Gasteiger partial charge in [0.25, 0.3) is 0 Å². The molecule has 0 radical (unpaired) electrons. The fourth-order valence-electron chi connectivity index (χ4n) is 2.04. The molecule has 0 aromatic heterocycles. The molecular weight excluding hydrogens is 264 g/mol. The van der Waals surface area contributed by atoms with Gasteiger partial charge in [0, 0.05) is 5.56 Å². The van der Waals surface area contributed by atoms with Crippen LogP contribution < -0.4 is 14.5 Å². The highest BCUT2D eigenvalue weighted by atomic mass is 17.2. The molecule has 2 aromatic carbocycles. The summed E-state index contributed by atoms with van der Waals surface area (Å²) in [5, 5.41) is 0. The molecular formula is C18H22O3. The zero-order valence-corrected chi connectivity index (χ0v) is 12.7. The van der Waals surface area contributed by atoms with Gasteiger partial charge in [0.15, 0.2) is 11.5 Å². The first kappa shape index (κ1) is 15.2. The van der Waals surface area contributed by atoms with Crippen LogP contribution in [0.5, 0.6) is 17.2 Å². The number of benzene rings is 2. The first-order valence-corrected chi connectivity index (χ1v) is 7.49. The maximum absolute atomic E-state index is 5.80. The molecule has 112 valence electrons. The molecule has 2 aromatic rings. The third-order valence-corrected chi connectivity index (χ3v) is 3.02.